The molecule has 0 bridgehead atoms. The van der Waals surface area contributed by atoms with Crippen LogP contribution < -0.4 is 9.47 Å². The molecule has 0 aliphatic carbocycles. The van der Waals surface area contributed by atoms with E-state index in [-0.39, 0.29) is 36.4 Å². The Balaban J connectivity index is 1.51. The molecule has 1 N–H and O–H groups in total. The van der Waals surface area contributed by atoms with Crippen molar-refractivity contribution in [2.75, 3.05) is 13.2 Å². The van der Waals surface area contributed by atoms with Crippen molar-refractivity contribution in [1.82, 2.24) is 25.4 Å². The molecule has 3 rings (SSSR count). The van der Waals surface area contributed by atoms with E-state index in [0.29, 0.717) is 4.47 Å². The van der Waals surface area contributed by atoms with Gasteiger partial charge in [-0.1, -0.05) is 0 Å². The summed E-state index contributed by atoms with van der Waals surface area (Å²) in [5, 5.41) is 23.3. The summed E-state index contributed by atoms with van der Waals surface area (Å²) in [6, 6.07) is 5.18. The molecule has 0 radical (unpaired) electrons. The van der Waals surface area contributed by atoms with Gasteiger partial charge < -0.3 is 19.1 Å². The number of benzene rings is 1. The van der Waals surface area contributed by atoms with Crippen molar-refractivity contribution >= 4 is 27.7 Å². The summed E-state index contributed by atoms with van der Waals surface area (Å²) in [4.78, 5) is 23.3. The Kier molecular flexibility index (Phi) is 5.93. The summed E-state index contributed by atoms with van der Waals surface area (Å²) in [6.45, 7) is -1.16. The summed E-state index contributed by atoms with van der Waals surface area (Å²) in [5.41, 5.74) is 0. The summed E-state index contributed by atoms with van der Waals surface area (Å²) in [6.07, 6.45) is 0. The topological polar surface area (TPSA) is 142 Å². The van der Waals surface area contributed by atoms with E-state index in [1.54, 1.807) is 0 Å². The number of aromatic nitrogens is 5. The van der Waals surface area contributed by atoms with Crippen LogP contribution >= 0.6 is 15.9 Å². The van der Waals surface area contributed by atoms with Crippen molar-refractivity contribution in [3.8, 4) is 23.2 Å². The van der Waals surface area contributed by atoms with Crippen LogP contribution in [0.2, 0.25) is 0 Å². The minimum atomic E-state index is -1.13. The summed E-state index contributed by atoms with van der Waals surface area (Å²) < 4.78 is 29.1. The van der Waals surface area contributed by atoms with Gasteiger partial charge in [0.1, 0.15) is 11.6 Å². The van der Waals surface area contributed by atoms with Crippen molar-refractivity contribution in [3.63, 3.8) is 0 Å². The van der Waals surface area contributed by atoms with E-state index in [9.17, 15) is 14.0 Å². The minimum Gasteiger partial charge on any atom is -0.484 e. The standard InChI is InChI=1S/C15H11BrFN5O6/c16-10-2-1-8(17)3-11(10)26-6-9(23)7-27-13-4-12(28-20-13)15-18-21-22(19-15)5-14(24)25/h1-4H,5-7H2,(H,24,25). The number of ketones is 1. The molecule has 0 unspecified atom stereocenters. The first kappa shape index (κ1) is 19.4. The van der Waals surface area contributed by atoms with Crippen molar-refractivity contribution in [3.05, 3.63) is 34.6 Å². The number of halogens is 2. The Hall–Kier alpha value is -3.35. The van der Waals surface area contributed by atoms with Crippen LogP contribution in [0.3, 0.4) is 0 Å². The number of carboxylic acid groups (broad SMARTS) is 1. The number of Topliss-reactive ketones (excluding diaryl/α,β-unsaturated/α-hetero) is 1. The lowest BCUT2D eigenvalue weighted by Gasteiger charge is -2.07. The number of carbonyl (C=O) groups excluding carboxylic acids is 1. The maximum atomic E-state index is 13.2. The molecule has 2 aromatic heterocycles. The molecular formula is C15H11BrFN5O6. The monoisotopic (exact) mass is 455 g/mol. The van der Waals surface area contributed by atoms with E-state index in [2.05, 4.69) is 36.5 Å². The van der Waals surface area contributed by atoms with E-state index in [1.165, 1.54) is 18.2 Å². The van der Waals surface area contributed by atoms with Crippen LogP contribution in [0.1, 0.15) is 0 Å². The predicted octanol–water partition coefficient (Wildman–Crippen LogP) is 1.34. The lowest BCUT2D eigenvalue weighted by molar-refractivity contribution is -0.138. The summed E-state index contributed by atoms with van der Waals surface area (Å²) in [7, 11) is 0. The van der Waals surface area contributed by atoms with Crippen LogP contribution in [-0.4, -0.2) is 55.4 Å². The quantitative estimate of drug-likeness (QED) is 0.501. The van der Waals surface area contributed by atoms with E-state index in [4.69, 9.17) is 19.1 Å². The fourth-order valence-electron chi connectivity index (χ4n) is 1.90. The van der Waals surface area contributed by atoms with Crippen molar-refractivity contribution in [2.24, 2.45) is 0 Å². The molecule has 0 atom stereocenters. The molecule has 0 saturated heterocycles. The fourth-order valence-corrected chi connectivity index (χ4v) is 2.27. The molecule has 0 fully saturated rings. The highest BCUT2D eigenvalue weighted by atomic mass is 79.9. The summed E-state index contributed by atoms with van der Waals surface area (Å²) in [5.74, 6) is -1.78. The van der Waals surface area contributed by atoms with Crippen LogP contribution in [0, 0.1) is 5.82 Å². The molecule has 0 amide bonds. The molecule has 28 heavy (non-hydrogen) atoms. The Bertz CT molecular complexity index is 1010. The van der Waals surface area contributed by atoms with Crippen molar-refractivity contribution < 1.29 is 33.1 Å². The number of tetrazole rings is 1. The van der Waals surface area contributed by atoms with Gasteiger partial charge in [0.05, 0.1) is 10.5 Å². The Morgan fingerprint density at radius 1 is 1.25 bits per heavy atom. The van der Waals surface area contributed by atoms with E-state index in [1.807, 2.05) is 0 Å². The molecule has 3 aromatic rings. The molecular weight excluding hydrogens is 445 g/mol. The zero-order valence-corrected chi connectivity index (χ0v) is 15.5. The number of carboxylic acids is 1. The molecule has 0 aliphatic rings. The molecule has 13 heteroatoms. The third-order valence-electron chi connectivity index (χ3n) is 3.10. The second-order valence-corrected chi connectivity index (χ2v) is 6.11. The SMILES string of the molecule is O=C(O)Cn1nnc(-c2cc(OCC(=O)COc3cc(F)ccc3Br)no2)n1. The number of hydrogen-bond donors (Lipinski definition) is 1. The predicted molar refractivity (Wildman–Crippen MR) is 91.0 cm³/mol. The Labute approximate surface area is 164 Å². The minimum absolute atomic E-state index is 0.00853. The smallest absolute Gasteiger partial charge is 0.327 e. The van der Waals surface area contributed by atoms with Crippen LogP contribution in [0.25, 0.3) is 11.6 Å². The average Bonchev–Trinajstić information content (AvgIpc) is 3.29. The Morgan fingerprint density at radius 3 is 2.82 bits per heavy atom. The fraction of sp³-hybridized carbons (Fsp3) is 0.200. The van der Waals surface area contributed by atoms with Gasteiger partial charge >= 0.3 is 5.97 Å². The average molecular weight is 456 g/mol. The van der Waals surface area contributed by atoms with Gasteiger partial charge in [-0.2, -0.15) is 4.80 Å². The first-order valence-corrected chi connectivity index (χ1v) is 8.39. The van der Waals surface area contributed by atoms with Gasteiger partial charge in [0.2, 0.25) is 17.4 Å². The lowest BCUT2D eigenvalue weighted by atomic mass is 10.3. The van der Waals surface area contributed by atoms with Gasteiger partial charge in [0.15, 0.2) is 19.8 Å². The third kappa shape index (κ3) is 5.09. The zero-order chi connectivity index (χ0) is 20.1. The zero-order valence-electron chi connectivity index (χ0n) is 13.9. The van der Waals surface area contributed by atoms with Crippen LogP contribution in [0.15, 0.2) is 33.3 Å². The third-order valence-corrected chi connectivity index (χ3v) is 3.76. The van der Waals surface area contributed by atoms with E-state index < -0.39 is 24.1 Å². The van der Waals surface area contributed by atoms with Crippen LogP contribution in [0.5, 0.6) is 11.6 Å². The van der Waals surface area contributed by atoms with E-state index >= 15 is 0 Å². The molecule has 0 aliphatic heterocycles. The highest BCUT2D eigenvalue weighted by Crippen LogP contribution is 2.25. The number of nitrogens with zero attached hydrogens (tertiary/aromatic N) is 5. The van der Waals surface area contributed by atoms with Gasteiger partial charge in [-0.05, 0) is 38.4 Å². The van der Waals surface area contributed by atoms with Gasteiger partial charge in [0, 0.05) is 6.07 Å². The molecule has 11 nitrogen and oxygen atoms in total. The first-order valence-electron chi connectivity index (χ1n) is 7.60. The largest absolute Gasteiger partial charge is 0.484 e. The molecule has 0 saturated carbocycles. The molecule has 0 spiro atoms. The lowest BCUT2D eigenvalue weighted by Crippen LogP contribution is -2.19. The normalized spacial score (nSPS) is 10.6. The first-order chi connectivity index (χ1) is 13.4. The number of hydrogen-bond acceptors (Lipinski definition) is 9. The Morgan fingerprint density at radius 2 is 2.04 bits per heavy atom. The van der Waals surface area contributed by atoms with Crippen molar-refractivity contribution in [1.29, 1.82) is 0 Å². The number of rotatable bonds is 9. The maximum Gasteiger partial charge on any atom is 0.327 e. The molecule has 1 aromatic carbocycles. The number of carbonyl (C=O) groups is 2. The highest BCUT2D eigenvalue weighted by Gasteiger charge is 2.15. The second kappa shape index (κ2) is 8.56. The maximum absolute atomic E-state index is 13.2. The summed E-state index contributed by atoms with van der Waals surface area (Å²) >= 11 is 3.19. The van der Waals surface area contributed by atoms with Gasteiger partial charge in [-0.3, -0.25) is 9.59 Å². The molecule has 146 valence electrons. The molecule has 2 heterocycles. The van der Waals surface area contributed by atoms with Gasteiger partial charge in [-0.25, -0.2) is 4.39 Å². The van der Waals surface area contributed by atoms with E-state index in [0.717, 1.165) is 10.9 Å². The number of ether oxygens (including phenoxy) is 2. The second-order valence-electron chi connectivity index (χ2n) is 5.26. The highest BCUT2D eigenvalue weighted by molar-refractivity contribution is 9.10. The van der Waals surface area contributed by atoms with Crippen LogP contribution in [0.4, 0.5) is 4.39 Å². The van der Waals surface area contributed by atoms with Gasteiger partial charge in [-0.15, -0.1) is 10.2 Å². The van der Waals surface area contributed by atoms with Crippen molar-refractivity contribution in [2.45, 2.75) is 6.54 Å². The van der Waals surface area contributed by atoms with Gasteiger partial charge in [0.25, 0.3) is 5.88 Å². The number of aliphatic carboxylic acids is 1. The van der Waals surface area contributed by atoms with Crippen LogP contribution in [-0.2, 0) is 16.1 Å².